The lowest BCUT2D eigenvalue weighted by atomic mass is 10.2. The number of rotatable bonds is 3. The van der Waals surface area contributed by atoms with Gasteiger partial charge in [0.15, 0.2) is 11.5 Å². The first-order valence-electron chi connectivity index (χ1n) is 5.98. The van der Waals surface area contributed by atoms with Gasteiger partial charge in [-0.15, -0.1) is 0 Å². The Hall–Kier alpha value is -2.82. The molecule has 0 radical (unpaired) electrons. The molecule has 0 saturated carbocycles. The van der Waals surface area contributed by atoms with Gasteiger partial charge < -0.3 is 13.6 Å². The fourth-order valence-electron chi connectivity index (χ4n) is 1.83. The molecule has 5 nitrogen and oxygen atoms in total. The topological polar surface area (TPSA) is 65.5 Å². The number of esters is 1. The van der Waals surface area contributed by atoms with Crippen LogP contribution in [0.3, 0.4) is 0 Å². The normalized spacial score (nSPS) is 10.4. The number of methoxy groups -OCH3 is 1. The van der Waals surface area contributed by atoms with Crippen LogP contribution in [-0.2, 0) is 4.74 Å². The van der Waals surface area contributed by atoms with E-state index in [1.165, 1.54) is 13.4 Å². The zero-order valence-electron chi connectivity index (χ0n) is 10.7. The first kappa shape index (κ1) is 12.2. The number of hydrogen-bond donors (Lipinski definition) is 0. The van der Waals surface area contributed by atoms with E-state index < -0.39 is 5.97 Å². The predicted octanol–water partition coefficient (Wildman–Crippen LogP) is 3.39. The third kappa shape index (κ3) is 2.09. The summed E-state index contributed by atoms with van der Waals surface area (Å²) < 4.78 is 15.6. The third-order valence-electron chi connectivity index (χ3n) is 2.77. The van der Waals surface area contributed by atoms with Gasteiger partial charge in [-0.3, -0.25) is 0 Å². The van der Waals surface area contributed by atoms with E-state index in [-0.39, 0.29) is 11.5 Å². The molecule has 5 heteroatoms. The summed E-state index contributed by atoms with van der Waals surface area (Å²) >= 11 is 0. The Kier molecular flexibility index (Phi) is 3.09. The molecule has 0 amide bonds. The Morgan fingerprint density at radius 1 is 1.15 bits per heavy atom. The number of aromatic nitrogens is 1. The second kappa shape index (κ2) is 5.05. The number of oxazole rings is 1. The molecule has 2 heterocycles. The van der Waals surface area contributed by atoms with E-state index in [0.717, 1.165) is 5.56 Å². The summed E-state index contributed by atoms with van der Waals surface area (Å²) in [6.45, 7) is 0. The number of carbonyl (C=O) groups is 1. The van der Waals surface area contributed by atoms with Gasteiger partial charge >= 0.3 is 5.97 Å². The van der Waals surface area contributed by atoms with E-state index >= 15 is 0 Å². The minimum Gasteiger partial charge on any atom is -0.464 e. The largest absolute Gasteiger partial charge is 0.464 e. The van der Waals surface area contributed by atoms with Crippen molar-refractivity contribution in [1.29, 1.82) is 0 Å². The molecule has 3 aromatic rings. The van der Waals surface area contributed by atoms with Crippen LogP contribution < -0.4 is 0 Å². The predicted molar refractivity (Wildman–Crippen MR) is 71.0 cm³/mol. The van der Waals surface area contributed by atoms with Crippen molar-refractivity contribution in [2.45, 2.75) is 0 Å². The zero-order chi connectivity index (χ0) is 13.9. The third-order valence-corrected chi connectivity index (χ3v) is 2.77. The van der Waals surface area contributed by atoms with Crippen LogP contribution in [0, 0.1) is 0 Å². The van der Waals surface area contributed by atoms with Gasteiger partial charge in [0.2, 0.25) is 11.7 Å². The zero-order valence-corrected chi connectivity index (χ0v) is 10.7. The van der Waals surface area contributed by atoms with Crippen LogP contribution in [0.4, 0.5) is 0 Å². The number of hydrogen-bond acceptors (Lipinski definition) is 5. The van der Waals surface area contributed by atoms with E-state index in [0.29, 0.717) is 11.7 Å². The van der Waals surface area contributed by atoms with Gasteiger partial charge in [-0.1, -0.05) is 18.2 Å². The average molecular weight is 269 g/mol. The number of nitrogens with zero attached hydrogens (tertiary/aromatic N) is 1. The van der Waals surface area contributed by atoms with Crippen molar-refractivity contribution in [3.8, 4) is 23.0 Å². The van der Waals surface area contributed by atoms with E-state index in [1.54, 1.807) is 12.1 Å². The lowest BCUT2D eigenvalue weighted by Crippen LogP contribution is -2.03. The van der Waals surface area contributed by atoms with Crippen LogP contribution in [0.1, 0.15) is 10.5 Å². The fourth-order valence-corrected chi connectivity index (χ4v) is 1.83. The number of ether oxygens (including phenoxy) is 1. The van der Waals surface area contributed by atoms with Crippen molar-refractivity contribution in [3.05, 3.63) is 54.4 Å². The van der Waals surface area contributed by atoms with Crippen LogP contribution >= 0.6 is 0 Å². The molecule has 0 N–H and O–H groups in total. The summed E-state index contributed by atoms with van der Waals surface area (Å²) in [6, 6.07) is 12.7. The quantitative estimate of drug-likeness (QED) is 0.682. The summed E-state index contributed by atoms with van der Waals surface area (Å²) in [5.74, 6) is 0.473. The van der Waals surface area contributed by atoms with Crippen LogP contribution in [0.2, 0.25) is 0 Å². The second-order valence-electron chi connectivity index (χ2n) is 4.03. The molecule has 0 aliphatic rings. The van der Waals surface area contributed by atoms with Crippen LogP contribution in [0.5, 0.6) is 0 Å². The van der Waals surface area contributed by atoms with Crippen molar-refractivity contribution in [2.24, 2.45) is 0 Å². The summed E-state index contributed by atoms with van der Waals surface area (Å²) in [5.41, 5.74) is 0.872. The van der Waals surface area contributed by atoms with Gasteiger partial charge in [0.25, 0.3) is 0 Å². The molecular formula is C15H11NO4. The summed E-state index contributed by atoms with van der Waals surface area (Å²) in [5, 5.41) is 0. The maximum absolute atomic E-state index is 11.8. The lowest BCUT2D eigenvalue weighted by molar-refractivity contribution is 0.0595. The van der Waals surface area contributed by atoms with Gasteiger partial charge in [-0.25, -0.2) is 9.78 Å². The van der Waals surface area contributed by atoms with Crippen molar-refractivity contribution < 1.29 is 18.4 Å². The molecule has 0 saturated heterocycles. The molecule has 2 aromatic heterocycles. The molecule has 0 aliphatic carbocycles. The highest BCUT2D eigenvalue weighted by Gasteiger charge is 2.24. The highest BCUT2D eigenvalue weighted by molar-refractivity contribution is 5.93. The van der Waals surface area contributed by atoms with Gasteiger partial charge in [0.05, 0.1) is 13.4 Å². The van der Waals surface area contributed by atoms with Crippen molar-refractivity contribution in [2.75, 3.05) is 7.11 Å². The van der Waals surface area contributed by atoms with E-state index in [9.17, 15) is 4.79 Å². The number of benzene rings is 1. The Labute approximate surface area is 114 Å². The molecule has 0 fully saturated rings. The molecule has 1 aromatic carbocycles. The Morgan fingerprint density at radius 2 is 1.95 bits per heavy atom. The summed E-state index contributed by atoms with van der Waals surface area (Å²) in [4.78, 5) is 16.0. The molecule has 0 unspecified atom stereocenters. The standard InChI is InChI=1S/C15H11NO4/c1-18-15(17)12-13(11-8-5-9-19-11)20-14(16-12)10-6-3-2-4-7-10/h2-9H,1H3. The van der Waals surface area contributed by atoms with Crippen molar-refractivity contribution in [1.82, 2.24) is 4.98 Å². The van der Waals surface area contributed by atoms with Crippen molar-refractivity contribution >= 4 is 5.97 Å². The first-order chi connectivity index (χ1) is 9.79. The van der Waals surface area contributed by atoms with Crippen LogP contribution in [0.25, 0.3) is 23.0 Å². The molecule has 0 bridgehead atoms. The highest BCUT2D eigenvalue weighted by atomic mass is 16.5. The van der Waals surface area contributed by atoms with Crippen molar-refractivity contribution in [3.63, 3.8) is 0 Å². The average Bonchev–Trinajstić information content (AvgIpc) is 3.16. The highest BCUT2D eigenvalue weighted by Crippen LogP contribution is 2.30. The Balaban J connectivity index is 2.14. The van der Waals surface area contributed by atoms with Gasteiger partial charge in [0, 0.05) is 5.56 Å². The summed E-state index contributed by atoms with van der Waals surface area (Å²) in [6.07, 6.45) is 1.50. The number of furan rings is 1. The SMILES string of the molecule is COC(=O)c1nc(-c2ccccc2)oc1-c1ccco1. The van der Waals surface area contributed by atoms with E-state index in [4.69, 9.17) is 13.6 Å². The Morgan fingerprint density at radius 3 is 2.60 bits per heavy atom. The van der Waals surface area contributed by atoms with Crippen LogP contribution in [0.15, 0.2) is 57.6 Å². The molecule has 0 atom stereocenters. The minimum atomic E-state index is -0.567. The fraction of sp³-hybridized carbons (Fsp3) is 0.0667. The molecule has 0 aliphatic heterocycles. The molecule has 3 rings (SSSR count). The lowest BCUT2D eigenvalue weighted by Gasteiger charge is -1.95. The van der Waals surface area contributed by atoms with Gasteiger partial charge in [0.1, 0.15) is 0 Å². The monoisotopic (exact) mass is 269 g/mol. The maximum atomic E-state index is 11.8. The Bertz CT molecular complexity index is 714. The second-order valence-corrected chi connectivity index (χ2v) is 4.03. The van der Waals surface area contributed by atoms with Crippen LogP contribution in [-0.4, -0.2) is 18.1 Å². The van der Waals surface area contributed by atoms with E-state index in [2.05, 4.69) is 4.98 Å². The molecular weight excluding hydrogens is 258 g/mol. The number of carbonyl (C=O) groups excluding carboxylic acids is 1. The molecule has 20 heavy (non-hydrogen) atoms. The van der Waals surface area contributed by atoms with Gasteiger partial charge in [-0.2, -0.15) is 0 Å². The summed E-state index contributed by atoms with van der Waals surface area (Å²) in [7, 11) is 1.30. The van der Waals surface area contributed by atoms with E-state index in [1.807, 2.05) is 30.3 Å². The molecule has 100 valence electrons. The van der Waals surface area contributed by atoms with Gasteiger partial charge in [-0.05, 0) is 24.3 Å². The first-order valence-corrected chi connectivity index (χ1v) is 5.98. The smallest absolute Gasteiger partial charge is 0.360 e. The minimum absolute atomic E-state index is 0.0984. The molecule has 0 spiro atoms. The maximum Gasteiger partial charge on any atom is 0.360 e.